The standard InChI is InChI=1S/C22H26N2O3/c1-15-9-11-17(12-10-15)20(25)22(13-4-5-14-22)24(23)21(26)18-7-6-8-19(27-3)16(18)2/h6-12H,4-5,13-14,23H2,1-3H3. The number of aryl methyl sites for hydroxylation is 1. The van der Waals surface area contributed by atoms with E-state index in [0.717, 1.165) is 24.0 Å². The van der Waals surface area contributed by atoms with E-state index >= 15 is 0 Å². The molecular formula is C22H26N2O3. The Balaban J connectivity index is 1.98. The Hall–Kier alpha value is -2.66. The molecule has 27 heavy (non-hydrogen) atoms. The fourth-order valence-electron chi connectivity index (χ4n) is 3.90. The molecule has 3 rings (SSSR count). The number of nitrogens with two attached hydrogens (primary N) is 1. The molecule has 1 fully saturated rings. The van der Waals surface area contributed by atoms with Crippen molar-refractivity contribution in [3.05, 3.63) is 64.7 Å². The molecule has 142 valence electrons. The minimum absolute atomic E-state index is 0.0867. The largest absolute Gasteiger partial charge is 0.496 e. The van der Waals surface area contributed by atoms with Gasteiger partial charge in [0.05, 0.1) is 7.11 Å². The highest BCUT2D eigenvalue weighted by molar-refractivity contribution is 6.07. The van der Waals surface area contributed by atoms with Crippen molar-refractivity contribution in [2.24, 2.45) is 5.84 Å². The summed E-state index contributed by atoms with van der Waals surface area (Å²) < 4.78 is 5.32. The molecule has 0 spiro atoms. The summed E-state index contributed by atoms with van der Waals surface area (Å²) in [6, 6.07) is 12.7. The van der Waals surface area contributed by atoms with Crippen molar-refractivity contribution in [3.63, 3.8) is 0 Å². The van der Waals surface area contributed by atoms with Gasteiger partial charge in [0.25, 0.3) is 5.91 Å². The molecule has 0 saturated heterocycles. The molecule has 0 unspecified atom stereocenters. The van der Waals surface area contributed by atoms with Crippen LogP contribution in [-0.4, -0.2) is 29.3 Å². The number of hydrazine groups is 1. The lowest BCUT2D eigenvalue weighted by atomic mass is 9.86. The monoisotopic (exact) mass is 366 g/mol. The molecule has 1 amide bonds. The molecule has 0 bridgehead atoms. The first kappa shape index (κ1) is 19.1. The second kappa shape index (κ2) is 7.53. The van der Waals surface area contributed by atoms with Crippen LogP contribution in [0.3, 0.4) is 0 Å². The van der Waals surface area contributed by atoms with Gasteiger partial charge >= 0.3 is 0 Å². The lowest BCUT2D eigenvalue weighted by Gasteiger charge is -2.37. The van der Waals surface area contributed by atoms with Crippen molar-refractivity contribution in [2.75, 3.05) is 7.11 Å². The van der Waals surface area contributed by atoms with Crippen LogP contribution < -0.4 is 10.6 Å². The molecular weight excluding hydrogens is 340 g/mol. The SMILES string of the molecule is COc1cccc(C(=O)N(N)C2(C(=O)c3ccc(C)cc3)CCCC2)c1C. The van der Waals surface area contributed by atoms with Gasteiger partial charge in [0, 0.05) is 16.7 Å². The van der Waals surface area contributed by atoms with E-state index in [1.54, 1.807) is 25.3 Å². The Morgan fingerprint density at radius 2 is 1.67 bits per heavy atom. The summed E-state index contributed by atoms with van der Waals surface area (Å²) in [5, 5.41) is 1.17. The van der Waals surface area contributed by atoms with Gasteiger partial charge in [-0.05, 0) is 38.8 Å². The maximum absolute atomic E-state index is 13.4. The molecule has 0 radical (unpaired) electrons. The van der Waals surface area contributed by atoms with Gasteiger partial charge in [-0.3, -0.25) is 14.6 Å². The third kappa shape index (κ3) is 3.35. The smallest absolute Gasteiger partial charge is 0.269 e. The third-order valence-corrected chi connectivity index (χ3v) is 5.58. The second-order valence-corrected chi connectivity index (χ2v) is 7.24. The Kier molecular flexibility index (Phi) is 5.33. The second-order valence-electron chi connectivity index (χ2n) is 7.24. The molecule has 5 nitrogen and oxygen atoms in total. The Labute approximate surface area is 160 Å². The van der Waals surface area contributed by atoms with E-state index < -0.39 is 5.54 Å². The number of carbonyl (C=O) groups is 2. The molecule has 0 aliphatic heterocycles. The summed E-state index contributed by atoms with van der Waals surface area (Å²) in [4.78, 5) is 26.6. The summed E-state index contributed by atoms with van der Waals surface area (Å²) in [5.41, 5.74) is 1.85. The number of nitrogens with zero attached hydrogens (tertiary/aromatic N) is 1. The van der Waals surface area contributed by atoms with Crippen LogP contribution in [-0.2, 0) is 0 Å². The van der Waals surface area contributed by atoms with E-state index in [1.807, 2.05) is 38.1 Å². The highest BCUT2D eigenvalue weighted by Gasteiger charge is 2.48. The van der Waals surface area contributed by atoms with Gasteiger partial charge in [0.1, 0.15) is 11.3 Å². The summed E-state index contributed by atoms with van der Waals surface area (Å²) in [7, 11) is 1.57. The third-order valence-electron chi connectivity index (χ3n) is 5.58. The van der Waals surface area contributed by atoms with Crippen molar-refractivity contribution >= 4 is 11.7 Å². The normalized spacial score (nSPS) is 15.4. The van der Waals surface area contributed by atoms with E-state index in [2.05, 4.69) is 0 Å². The van der Waals surface area contributed by atoms with E-state index in [1.165, 1.54) is 5.01 Å². The average Bonchev–Trinajstić information content (AvgIpc) is 3.18. The lowest BCUT2D eigenvalue weighted by molar-refractivity contribution is 0.0411. The van der Waals surface area contributed by atoms with Crippen molar-refractivity contribution in [1.82, 2.24) is 5.01 Å². The summed E-state index contributed by atoms with van der Waals surface area (Å²) in [5.74, 6) is 6.53. The molecule has 5 heteroatoms. The molecule has 2 aromatic carbocycles. The maximum atomic E-state index is 13.4. The van der Waals surface area contributed by atoms with E-state index in [4.69, 9.17) is 10.6 Å². The van der Waals surface area contributed by atoms with Crippen LogP contribution in [0.5, 0.6) is 5.75 Å². The van der Waals surface area contributed by atoms with Crippen LogP contribution >= 0.6 is 0 Å². The molecule has 0 atom stereocenters. The van der Waals surface area contributed by atoms with Crippen LogP contribution in [0.2, 0.25) is 0 Å². The number of ketones is 1. The Morgan fingerprint density at radius 3 is 2.26 bits per heavy atom. The maximum Gasteiger partial charge on any atom is 0.269 e. The van der Waals surface area contributed by atoms with E-state index in [9.17, 15) is 9.59 Å². The summed E-state index contributed by atoms with van der Waals surface area (Å²) in [6.07, 6.45) is 2.89. The van der Waals surface area contributed by atoms with Crippen molar-refractivity contribution < 1.29 is 14.3 Å². The fraction of sp³-hybridized carbons (Fsp3) is 0.364. The number of rotatable bonds is 5. The first-order valence-electron chi connectivity index (χ1n) is 9.25. The van der Waals surface area contributed by atoms with Crippen LogP contribution in [0.4, 0.5) is 0 Å². The minimum Gasteiger partial charge on any atom is -0.496 e. The van der Waals surface area contributed by atoms with Crippen molar-refractivity contribution in [3.8, 4) is 5.75 Å². The molecule has 1 saturated carbocycles. The molecule has 0 aromatic heterocycles. The summed E-state index contributed by atoms with van der Waals surface area (Å²) in [6.45, 7) is 3.80. The highest BCUT2D eigenvalue weighted by atomic mass is 16.5. The van der Waals surface area contributed by atoms with Gasteiger partial charge in [0.15, 0.2) is 5.78 Å². The van der Waals surface area contributed by atoms with Crippen molar-refractivity contribution in [2.45, 2.75) is 45.1 Å². The number of hydrogen-bond acceptors (Lipinski definition) is 4. The van der Waals surface area contributed by atoms with E-state index in [0.29, 0.717) is 29.7 Å². The molecule has 2 aromatic rings. The highest BCUT2D eigenvalue weighted by Crippen LogP contribution is 2.38. The average molecular weight is 366 g/mol. The predicted octanol–water partition coefficient (Wildman–Crippen LogP) is 3.82. The Bertz CT molecular complexity index is 852. The zero-order valence-corrected chi connectivity index (χ0v) is 16.1. The number of methoxy groups -OCH3 is 1. The van der Waals surface area contributed by atoms with Gasteiger partial charge in [-0.25, -0.2) is 5.84 Å². The van der Waals surface area contributed by atoms with Crippen molar-refractivity contribution in [1.29, 1.82) is 0 Å². The zero-order chi connectivity index (χ0) is 19.6. The van der Waals surface area contributed by atoms with Gasteiger partial charge < -0.3 is 4.74 Å². The predicted molar refractivity (Wildman–Crippen MR) is 105 cm³/mol. The van der Waals surface area contributed by atoms with Gasteiger partial charge in [-0.2, -0.15) is 0 Å². The lowest BCUT2D eigenvalue weighted by Crippen LogP contribution is -2.59. The molecule has 1 aliphatic carbocycles. The van der Waals surface area contributed by atoms with Gasteiger partial charge in [0.2, 0.25) is 0 Å². The molecule has 1 aliphatic rings. The quantitative estimate of drug-likeness (QED) is 0.378. The number of ether oxygens (including phenoxy) is 1. The van der Waals surface area contributed by atoms with Crippen LogP contribution in [0.25, 0.3) is 0 Å². The van der Waals surface area contributed by atoms with Gasteiger partial charge in [-0.15, -0.1) is 0 Å². The number of amides is 1. The number of hydrogen-bond donors (Lipinski definition) is 1. The zero-order valence-electron chi connectivity index (χ0n) is 16.1. The molecule has 0 heterocycles. The van der Waals surface area contributed by atoms with E-state index in [-0.39, 0.29) is 11.7 Å². The van der Waals surface area contributed by atoms with Crippen LogP contribution in [0.15, 0.2) is 42.5 Å². The topological polar surface area (TPSA) is 72.6 Å². The summed E-state index contributed by atoms with van der Waals surface area (Å²) >= 11 is 0. The fourth-order valence-corrected chi connectivity index (χ4v) is 3.90. The van der Waals surface area contributed by atoms with Crippen LogP contribution in [0.1, 0.15) is 57.5 Å². The van der Waals surface area contributed by atoms with Crippen LogP contribution in [0, 0.1) is 13.8 Å². The first-order valence-corrected chi connectivity index (χ1v) is 9.25. The number of benzene rings is 2. The Morgan fingerprint density at radius 1 is 1.04 bits per heavy atom. The number of carbonyl (C=O) groups excluding carboxylic acids is 2. The number of Topliss-reactive ketones (excluding diaryl/α,β-unsaturated/α-hetero) is 1. The minimum atomic E-state index is -0.998. The first-order chi connectivity index (χ1) is 12.9. The van der Waals surface area contributed by atoms with Gasteiger partial charge in [-0.1, -0.05) is 48.7 Å². The molecule has 2 N–H and O–H groups in total.